The van der Waals surface area contributed by atoms with Crippen LogP contribution in [0, 0.1) is 12.8 Å². The van der Waals surface area contributed by atoms with E-state index >= 15 is 0 Å². The molecular formula is C11H16N4O4S. The molecule has 2 N–H and O–H groups in total. The van der Waals surface area contributed by atoms with Crippen molar-refractivity contribution in [2.75, 3.05) is 25.5 Å². The summed E-state index contributed by atoms with van der Waals surface area (Å²) in [6.07, 6.45) is 1.81. The first kappa shape index (κ1) is 13.4. The smallest absolute Gasteiger partial charge is 0.251 e. The molecule has 1 saturated heterocycles. The Morgan fingerprint density at radius 3 is 2.65 bits per heavy atom. The molecule has 1 aliphatic carbocycles. The number of carbonyl (C=O) groups excluding carboxylic acids is 1. The number of sulfonamides is 1. The van der Waals surface area contributed by atoms with Gasteiger partial charge in [0.05, 0.1) is 6.67 Å². The molecule has 2 aliphatic rings. The standard InChI is InChI=1S/C11H16N4O4S/c1-7-9(10(12)13-19-7)20(17,18)15-5-4-14(6-15)11(16)8-2-3-8/h8H,2-6H2,1H3,(H2,12,13). The van der Waals surface area contributed by atoms with E-state index in [0.717, 1.165) is 12.8 Å². The fraction of sp³-hybridized carbons (Fsp3) is 0.636. The Morgan fingerprint density at radius 1 is 1.40 bits per heavy atom. The second-order valence-corrected chi connectivity index (χ2v) is 7.03. The van der Waals surface area contributed by atoms with Crippen LogP contribution in [0.1, 0.15) is 18.6 Å². The third-order valence-electron chi connectivity index (χ3n) is 3.62. The summed E-state index contributed by atoms with van der Waals surface area (Å²) in [7, 11) is -3.77. The van der Waals surface area contributed by atoms with Crippen molar-refractivity contribution in [3.8, 4) is 0 Å². The van der Waals surface area contributed by atoms with E-state index < -0.39 is 10.0 Å². The summed E-state index contributed by atoms with van der Waals surface area (Å²) in [6, 6.07) is 0. The van der Waals surface area contributed by atoms with Gasteiger partial charge in [0.2, 0.25) is 5.91 Å². The van der Waals surface area contributed by atoms with E-state index in [4.69, 9.17) is 10.3 Å². The van der Waals surface area contributed by atoms with Gasteiger partial charge in [-0.3, -0.25) is 4.79 Å². The van der Waals surface area contributed by atoms with Gasteiger partial charge in [-0.25, -0.2) is 8.42 Å². The average molecular weight is 300 g/mol. The SMILES string of the molecule is Cc1onc(N)c1S(=O)(=O)N1CCN(C(=O)C2CC2)C1. The Kier molecular flexibility index (Phi) is 2.98. The third-order valence-corrected chi connectivity index (χ3v) is 5.61. The molecule has 0 aromatic carbocycles. The van der Waals surface area contributed by atoms with E-state index in [9.17, 15) is 13.2 Å². The molecule has 0 bridgehead atoms. The zero-order valence-corrected chi connectivity index (χ0v) is 11.9. The van der Waals surface area contributed by atoms with Gasteiger partial charge < -0.3 is 15.2 Å². The minimum atomic E-state index is -3.77. The molecule has 0 unspecified atom stereocenters. The van der Waals surface area contributed by atoms with Crippen LogP contribution in [0.2, 0.25) is 0 Å². The molecule has 0 radical (unpaired) electrons. The van der Waals surface area contributed by atoms with Gasteiger partial charge in [0, 0.05) is 19.0 Å². The number of nitrogen functional groups attached to an aromatic ring is 1. The number of hydrogen-bond donors (Lipinski definition) is 1. The minimum Gasteiger partial charge on any atom is -0.380 e. The van der Waals surface area contributed by atoms with Gasteiger partial charge in [0.1, 0.15) is 0 Å². The molecule has 1 aromatic heterocycles. The van der Waals surface area contributed by atoms with Crippen molar-refractivity contribution < 1.29 is 17.7 Å². The maximum absolute atomic E-state index is 12.5. The van der Waals surface area contributed by atoms with Gasteiger partial charge in [-0.05, 0) is 19.8 Å². The zero-order valence-electron chi connectivity index (χ0n) is 11.1. The number of rotatable bonds is 3. The Bertz CT molecular complexity index is 630. The van der Waals surface area contributed by atoms with Crippen LogP contribution in [0.15, 0.2) is 9.42 Å². The Labute approximate surface area is 116 Å². The van der Waals surface area contributed by atoms with Crippen LogP contribution in [-0.2, 0) is 14.8 Å². The summed E-state index contributed by atoms with van der Waals surface area (Å²) in [5, 5.41) is 3.46. The molecule has 3 rings (SSSR count). The number of nitrogens with zero attached hydrogens (tertiary/aromatic N) is 3. The first-order valence-electron chi connectivity index (χ1n) is 6.42. The molecule has 0 spiro atoms. The molecule has 20 heavy (non-hydrogen) atoms. The van der Waals surface area contributed by atoms with Crippen molar-refractivity contribution in [2.24, 2.45) is 5.92 Å². The van der Waals surface area contributed by atoms with E-state index in [1.165, 1.54) is 11.2 Å². The van der Waals surface area contributed by atoms with Crippen LogP contribution in [0.3, 0.4) is 0 Å². The normalized spacial score (nSPS) is 20.6. The van der Waals surface area contributed by atoms with Gasteiger partial charge in [0.15, 0.2) is 16.5 Å². The maximum Gasteiger partial charge on any atom is 0.251 e. The van der Waals surface area contributed by atoms with Crippen LogP contribution in [0.5, 0.6) is 0 Å². The molecule has 0 atom stereocenters. The van der Waals surface area contributed by atoms with E-state index in [1.54, 1.807) is 4.90 Å². The highest BCUT2D eigenvalue weighted by atomic mass is 32.2. The van der Waals surface area contributed by atoms with Crippen molar-refractivity contribution in [1.29, 1.82) is 0 Å². The molecule has 1 amide bonds. The first-order valence-corrected chi connectivity index (χ1v) is 7.86. The van der Waals surface area contributed by atoms with Gasteiger partial charge in [-0.2, -0.15) is 4.31 Å². The van der Waals surface area contributed by atoms with Gasteiger partial charge >= 0.3 is 0 Å². The summed E-state index contributed by atoms with van der Waals surface area (Å²) in [5.41, 5.74) is 5.56. The van der Waals surface area contributed by atoms with Crippen molar-refractivity contribution in [1.82, 2.24) is 14.4 Å². The van der Waals surface area contributed by atoms with E-state index in [1.807, 2.05) is 0 Å². The van der Waals surface area contributed by atoms with Gasteiger partial charge in [-0.15, -0.1) is 0 Å². The number of carbonyl (C=O) groups is 1. The highest BCUT2D eigenvalue weighted by Crippen LogP contribution is 2.33. The lowest BCUT2D eigenvalue weighted by Gasteiger charge is -2.18. The van der Waals surface area contributed by atoms with Gasteiger partial charge in [-0.1, -0.05) is 5.16 Å². The first-order chi connectivity index (χ1) is 9.41. The molecule has 8 nitrogen and oxygen atoms in total. The number of amides is 1. The Hall–Kier alpha value is -1.61. The van der Waals surface area contributed by atoms with Crippen LogP contribution < -0.4 is 5.73 Å². The van der Waals surface area contributed by atoms with E-state index in [2.05, 4.69) is 5.16 Å². The predicted octanol–water partition coefficient (Wildman–Crippen LogP) is -0.234. The van der Waals surface area contributed by atoms with Crippen LogP contribution >= 0.6 is 0 Å². The van der Waals surface area contributed by atoms with E-state index in [0.29, 0.717) is 6.54 Å². The van der Waals surface area contributed by atoms with Crippen molar-refractivity contribution in [2.45, 2.75) is 24.7 Å². The van der Waals surface area contributed by atoms with Crippen molar-refractivity contribution >= 4 is 21.7 Å². The van der Waals surface area contributed by atoms with Crippen LogP contribution in [0.4, 0.5) is 5.82 Å². The summed E-state index contributed by atoms with van der Waals surface area (Å²) in [5.74, 6) is 0.140. The van der Waals surface area contributed by atoms with Crippen LogP contribution in [0.25, 0.3) is 0 Å². The third kappa shape index (κ3) is 2.06. The second kappa shape index (κ2) is 4.45. The molecule has 1 aliphatic heterocycles. The summed E-state index contributed by atoms with van der Waals surface area (Å²) < 4.78 is 31.0. The molecule has 1 saturated carbocycles. The average Bonchev–Trinajstić information content (AvgIpc) is 3.00. The minimum absolute atomic E-state index is 0.0395. The lowest BCUT2D eigenvalue weighted by atomic mass is 10.4. The Morgan fingerprint density at radius 2 is 2.10 bits per heavy atom. The topological polar surface area (TPSA) is 110 Å². The lowest BCUT2D eigenvalue weighted by Crippen LogP contribution is -2.35. The maximum atomic E-state index is 12.5. The molecule has 110 valence electrons. The van der Waals surface area contributed by atoms with E-state index in [-0.39, 0.29) is 41.5 Å². The fourth-order valence-corrected chi connectivity index (χ4v) is 3.93. The number of aromatic nitrogens is 1. The number of anilines is 1. The largest absolute Gasteiger partial charge is 0.380 e. The molecule has 1 aromatic rings. The highest BCUT2D eigenvalue weighted by molar-refractivity contribution is 7.89. The fourth-order valence-electron chi connectivity index (χ4n) is 2.35. The van der Waals surface area contributed by atoms with Crippen molar-refractivity contribution in [3.05, 3.63) is 5.76 Å². The summed E-state index contributed by atoms with van der Waals surface area (Å²) in [4.78, 5) is 13.4. The highest BCUT2D eigenvalue weighted by Gasteiger charge is 2.40. The molecule has 2 fully saturated rings. The number of hydrogen-bond acceptors (Lipinski definition) is 6. The summed E-state index contributed by atoms with van der Waals surface area (Å²) >= 11 is 0. The Balaban J connectivity index is 1.81. The molecule has 2 heterocycles. The van der Waals surface area contributed by atoms with Crippen molar-refractivity contribution in [3.63, 3.8) is 0 Å². The van der Waals surface area contributed by atoms with Gasteiger partial charge in [0.25, 0.3) is 10.0 Å². The number of nitrogens with two attached hydrogens (primary N) is 1. The number of aryl methyl sites for hydroxylation is 1. The second-order valence-electron chi connectivity index (χ2n) is 5.15. The molecule has 9 heteroatoms. The predicted molar refractivity (Wildman–Crippen MR) is 68.8 cm³/mol. The molecular weight excluding hydrogens is 284 g/mol. The lowest BCUT2D eigenvalue weighted by molar-refractivity contribution is -0.131. The van der Waals surface area contributed by atoms with Crippen LogP contribution in [-0.4, -0.2) is 48.4 Å². The zero-order chi connectivity index (χ0) is 14.5. The summed E-state index contributed by atoms with van der Waals surface area (Å²) in [6.45, 7) is 2.25. The quantitative estimate of drug-likeness (QED) is 0.825. The monoisotopic (exact) mass is 300 g/mol.